The summed E-state index contributed by atoms with van der Waals surface area (Å²) in [6.45, 7) is 12.0. The predicted molar refractivity (Wildman–Crippen MR) is 414 cm³/mol. The Kier molecular flexibility index (Phi) is 70.9. The van der Waals surface area contributed by atoms with Gasteiger partial charge in [-0.05, 0) is 43.4 Å². The van der Waals surface area contributed by atoms with Crippen LogP contribution in [0.25, 0.3) is 0 Å². The standard InChI is InChI=1S/C82H160O17P2/c1-8-11-12-13-14-15-16-17-18-19-23-29-34-42-49-56-63-79(84)92-69-77(98-81(86)65-58-51-44-35-30-24-21-20-22-28-33-40-47-54-61-74(6)9-2)71-96-100(88,89)94-67-76(83)68-95-101(90,91)97-72-78(70-93-80(85)64-57-50-43-38-37-41-48-55-62-75(7)10-3)99-82(87)66-59-52-45-36-31-26-25-27-32-39-46-53-60-73(4)5/h73-78,83H,8-72H2,1-7H3,(H,88,89)(H,90,91)/t74?,75?,76-,77-,78-/m1/s1. The number of hydrogen-bond acceptors (Lipinski definition) is 15. The molecular formula is C82H160O17P2. The lowest BCUT2D eigenvalue weighted by Gasteiger charge is -2.21. The molecule has 0 amide bonds. The highest BCUT2D eigenvalue weighted by Crippen LogP contribution is 2.45. The third kappa shape index (κ3) is 73.4. The highest BCUT2D eigenvalue weighted by molar-refractivity contribution is 7.47. The zero-order valence-corrected chi connectivity index (χ0v) is 68.2. The number of unbranched alkanes of at least 4 members (excludes halogenated alkanes) is 46. The number of esters is 4. The van der Waals surface area contributed by atoms with Crippen LogP contribution in [0, 0.1) is 17.8 Å². The maximum Gasteiger partial charge on any atom is 0.472 e. The lowest BCUT2D eigenvalue weighted by atomic mass is 9.99. The van der Waals surface area contributed by atoms with E-state index in [2.05, 4.69) is 48.5 Å². The quantitative estimate of drug-likeness (QED) is 0.0222. The number of phosphoric acid groups is 2. The van der Waals surface area contributed by atoms with Crippen LogP contribution >= 0.6 is 15.6 Å². The van der Waals surface area contributed by atoms with Gasteiger partial charge in [-0.3, -0.25) is 37.3 Å². The molecule has 4 unspecified atom stereocenters. The highest BCUT2D eigenvalue weighted by atomic mass is 31.2. The second kappa shape index (κ2) is 72.3. The number of aliphatic hydroxyl groups is 1. The van der Waals surface area contributed by atoms with E-state index in [9.17, 15) is 43.2 Å². The third-order valence-electron chi connectivity index (χ3n) is 19.9. The van der Waals surface area contributed by atoms with Crippen molar-refractivity contribution in [3.8, 4) is 0 Å². The minimum atomic E-state index is -4.96. The Balaban J connectivity index is 5.28. The molecule has 0 rings (SSSR count). The second-order valence-corrected chi connectivity index (χ2v) is 33.4. The Bertz CT molecular complexity index is 1960. The van der Waals surface area contributed by atoms with Crippen LogP contribution in [-0.2, 0) is 65.4 Å². The van der Waals surface area contributed by atoms with Gasteiger partial charge in [0.1, 0.15) is 19.3 Å². The average Bonchev–Trinajstić information content (AvgIpc) is 1.67. The fourth-order valence-electron chi connectivity index (χ4n) is 12.6. The molecule has 101 heavy (non-hydrogen) atoms. The number of carbonyl (C=O) groups is 4. The van der Waals surface area contributed by atoms with Gasteiger partial charge in [0.2, 0.25) is 0 Å². The van der Waals surface area contributed by atoms with Gasteiger partial charge in [-0.1, -0.05) is 376 Å². The van der Waals surface area contributed by atoms with Gasteiger partial charge in [-0.2, -0.15) is 0 Å². The zero-order valence-electron chi connectivity index (χ0n) is 66.4. The number of carbonyl (C=O) groups excluding carboxylic acids is 4. The molecule has 0 aromatic heterocycles. The molecule has 19 heteroatoms. The molecule has 0 saturated heterocycles. The summed E-state index contributed by atoms with van der Waals surface area (Å²) in [5, 5.41) is 10.7. The van der Waals surface area contributed by atoms with Crippen molar-refractivity contribution in [2.45, 2.75) is 446 Å². The van der Waals surface area contributed by atoms with E-state index in [1.54, 1.807) is 0 Å². The topological polar surface area (TPSA) is 237 Å². The first kappa shape index (κ1) is 99.1. The summed E-state index contributed by atoms with van der Waals surface area (Å²) in [5.41, 5.74) is 0. The van der Waals surface area contributed by atoms with Crippen LogP contribution in [0.3, 0.4) is 0 Å². The lowest BCUT2D eigenvalue weighted by Crippen LogP contribution is -2.30. The molecule has 0 aliphatic heterocycles. The lowest BCUT2D eigenvalue weighted by molar-refractivity contribution is -0.161. The fraction of sp³-hybridized carbons (Fsp3) is 0.951. The molecule has 7 atom stereocenters. The van der Waals surface area contributed by atoms with Crippen molar-refractivity contribution in [2.24, 2.45) is 17.8 Å². The first-order valence-corrected chi connectivity index (χ1v) is 45.4. The van der Waals surface area contributed by atoms with Crippen molar-refractivity contribution >= 4 is 39.5 Å². The number of hydrogen-bond donors (Lipinski definition) is 3. The van der Waals surface area contributed by atoms with Gasteiger partial charge in [0.05, 0.1) is 26.4 Å². The molecule has 0 aromatic rings. The van der Waals surface area contributed by atoms with E-state index < -0.39 is 97.5 Å². The monoisotopic (exact) mass is 1480 g/mol. The molecule has 3 N–H and O–H groups in total. The number of phosphoric ester groups is 2. The van der Waals surface area contributed by atoms with E-state index in [-0.39, 0.29) is 25.7 Å². The largest absolute Gasteiger partial charge is 0.472 e. The Hall–Kier alpha value is -1.94. The van der Waals surface area contributed by atoms with Crippen LogP contribution in [0.5, 0.6) is 0 Å². The van der Waals surface area contributed by atoms with Gasteiger partial charge < -0.3 is 33.8 Å². The van der Waals surface area contributed by atoms with Crippen molar-refractivity contribution in [3.05, 3.63) is 0 Å². The molecule has 0 spiro atoms. The molecule has 0 bridgehead atoms. The molecule has 0 radical (unpaired) electrons. The number of ether oxygens (including phenoxy) is 4. The molecule has 0 heterocycles. The first-order chi connectivity index (χ1) is 48.8. The molecule has 0 aromatic carbocycles. The van der Waals surface area contributed by atoms with Gasteiger partial charge in [0.15, 0.2) is 12.2 Å². The second-order valence-electron chi connectivity index (χ2n) is 30.5. The van der Waals surface area contributed by atoms with Crippen LogP contribution in [0.4, 0.5) is 0 Å². The summed E-state index contributed by atoms with van der Waals surface area (Å²) in [5.74, 6) is 0.292. The smallest absolute Gasteiger partial charge is 0.462 e. The maximum absolute atomic E-state index is 13.1. The SMILES string of the molecule is CCCCCCCCCCCCCCCCCCC(=O)OC[C@H](COP(=O)(O)OC[C@@H](O)COP(=O)(O)OC[C@@H](COC(=O)CCCCCCCCCCC(C)CC)OC(=O)CCCCCCCCCCCCCCC(C)C)OC(=O)CCCCCCCCCCCCCCCCC(C)CC. The van der Waals surface area contributed by atoms with Crippen molar-refractivity contribution < 1.29 is 80.2 Å². The Labute approximate surface area is 619 Å². The molecule has 0 fully saturated rings. The highest BCUT2D eigenvalue weighted by Gasteiger charge is 2.30. The first-order valence-electron chi connectivity index (χ1n) is 42.4. The summed E-state index contributed by atoms with van der Waals surface area (Å²) >= 11 is 0. The van der Waals surface area contributed by atoms with Crippen LogP contribution < -0.4 is 0 Å². The number of aliphatic hydroxyl groups excluding tert-OH is 1. The Morgan fingerprint density at radius 3 is 0.752 bits per heavy atom. The number of rotatable bonds is 80. The minimum absolute atomic E-state index is 0.106. The van der Waals surface area contributed by atoms with E-state index in [4.69, 9.17) is 37.0 Å². The van der Waals surface area contributed by atoms with Gasteiger partial charge in [0, 0.05) is 25.7 Å². The van der Waals surface area contributed by atoms with Gasteiger partial charge in [-0.25, -0.2) is 9.13 Å². The average molecular weight is 1480 g/mol. The fourth-order valence-corrected chi connectivity index (χ4v) is 14.2. The summed E-state index contributed by atoms with van der Waals surface area (Å²) in [4.78, 5) is 73.1. The van der Waals surface area contributed by atoms with Gasteiger partial charge in [-0.15, -0.1) is 0 Å². The van der Waals surface area contributed by atoms with Crippen LogP contribution in [0.1, 0.15) is 427 Å². The van der Waals surface area contributed by atoms with Crippen molar-refractivity contribution in [2.75, 3.05) is 39.6 Å². The van der Waals surface area contributed by atoms with Crippen LogP contribution in [0.15, 0.2) is 0 Å². The summed E-state index contributed by atoms with van der Waals surface area (Å²) < 4.78 is 68.8. The predicted octanol–water partition coefficient (Wildman–Crippen LogP) is 24.5. The summed E-state index contributed by atoms with van der Waals surface area (Å²) in [7, 11) is -9.92. The third-order valence-corrected chi connectivity index (χ3v) is 21.8. The molecule has 0 saturated carbocycles. The van der Waals surface area contributed by atoms with Gasteiger partial charge in [0.25, 0.3) is 0 Å². The van der Waals surface area contributed by atoms with E-state index in [0.29, 0.717) is 25.7 Å². The Morgan fingerprint density at radius 1 is 0.287 bits per heavy atom. The van der Waals surface area contributed by atoms with E-state index in [1.165, 1.54) is 238 Å². The van der Waals surface area contributed by atoms with E-state index >= 15 is 0 Å². The summed E-state index contributed by atoms with van der Waals surface area (Å²) in [6.07, 6.45) is 60.8. The normalized spacial score (nSPS) is 14.5. The van der Waals surface area contributed by atoms with E-state index in [1.807, 2.05) is 0 Å². The molecule has 600 valence electrons. The minimum Gasteiger partial charge on any atom is -0.462 e. The zero-order chi connectivity index (χ0) is 74.4. The summed E-state index contributed by atoms with van der Waals surface area (Å²) in [6, 6.07) is 0. The maximum atomic E-state index is 13.1. The van der Waals surface area contributed by atoms with Crippen molar-refractivity contribution in [3.63, 3.8) is 0 Å². The van der Waals surface area contributed by atoms with Crippen LogP contribution in [-0.4, -0.2) is 96.7 Å². The van der Waals surface area contributed by atoms with Crippen molar-refractivity contribution in [1.29, 1.82) is 0 Å². The van der Waals surface area contributed by atoms with Crippen molar-refractivity contribution in [1.82, 2.24) is 0 Å². The molecule has 17 nitrogen and oxygen atoms in total. The molecule has 0 aliphatic carbocycles. The Morgan fingerprint density at radius 2 is 0.505 bits per heavy atom. The van der Waals surface area contributed by atoms with Gasteiger partial charge >= 0.3 is 39.5 Å². The molecule has 0 aliphatic rings. The van der Waals surface area contributed by atoms with E-state index in [0.717, 1.165) is 108 Å². The molecular weight excluding hydrogens is 1320 g/mol. The van der Waals surface area contributed by atoms with Crippen LogP contribution in [0.2, 0.25) is 0 Å².